The summed E-state index contributed by atoms with van der Waals surface area (Å²) in [6, 6.07) is 5.06. The van der Waals surface area contributed by atoms with Crippen molar-refractivity contribution in [3.8, 4) is 0 Å². The van der Waals surface area contributed by atoms with Gasteiger partial charge in [-0.2, -0.15) is 0 Å². The highest BCUT2D eigenvalue weighted by atomic mass is 79.9. The van der Waals surface area contributed by atoms with Crippen LogP contribution in [0.25, 0.3) is 0 Å². The van der Waals surface area contributed by atoms with Crippen molar-refractivity contribution in [3.63, 3.8) is 0 Å². The molecule has 1 rings (SSSR count). The molecule has 0 fully saturated rings. The van der Waals surface area contributed by atoms with Crippen LogP contribution in [-0.4, -0.2) is 25.0 Å². The molecule has 0 amide bonds. The maximum atomic E-state index is 13.1. The third-order valence-corrected chi connectivity index (χ3v) is 2.87. The number of rotatable bonds is 4. The molecule has 2 nitrogen and oxygen atoms in total. The molecule has 0 heterocycles. The normalized spacial score (nSPS) is 10.9. The van der Waals surface area contributed by atoms with Crippen LogP contribution in [0.15, 0.2) is 22.7 Å². The largest absolute Gasteiger partial charge is 0.329 e. The average molecular weight is 261 g/mol. The minimum Gasteiger partial charge on any atom is -0.329 e. The molecule has 0 saturated carbocycles. The van der Waals surface area contributed by atoms with Crippen LogP contribution in [0.4, 0.5) is 4.39 Å². The molecule has 0 spiro atoms. The Morgan fingerprint density at radius 1 is 1.50 bits per heavy atom. The third kappa shape index (κ3) is 3.04. The molecule has 0 unspecified atom stereocenters. The van der Waals surface area contributed by atoms with Gasteiger partial charge >= 0.3 is 0 Å². The van der Waals surface area contributed by atoms with Gasteiger partial charge in [0, 0.05) is 19.6 Å². The first kappa shape index (κ1) is 11.6. The van der Waals surface area contributed by atoms with E-state index in [1.54, 1.807) is 6.07 Å². The van der Waals surface area contributed by atoms with Crippen molar-refractivity contribution >= 4 is 15.9 Å². The van der Waals surface area contributed by atoms with Crippen LogP contribution < -0.4 is 5.73 Å². The summed E-state index contributed by atoms with van der Waals surface area (Å²) in [5.41, 5.74) is 6.37. The summed E-state index contributed by atoms with van der Waals surface area (Å²) in [5.74, 6) is -0.219. The van der Waals surface area contributed by atoms with E-state index in [0.717, 1.165) is 12.1 Å². The molecule has 0 aliphatic carbocycles. The number of likely N-dealkylation sites (N-methyl/N-ethyl adjacent to an activating group) is 1. The second kappa shape index (κ2) is 5.44. The fourth-order valence-electron chi connectivity index (χ4n) is 1.26. The van der Waals surface area contributed by atoms with Crippen LogP contribution >= 0.6 is 15.9 Å². The molecular formula is C10H14BrFN2. The molecule has 4 heteroatoms. The van der Waals surface area contributed by atoms with Gasteiger partial charge in [-0.25, -0.2) is 4.39 Å². The zero-order valence-corrected chi connectivity index (χ0v) is 9.72. The molecule has 0 aromatic heterocycles. The van der Waals surface area contributed by atoms with Crippen molar-refractivity contribution in [2.75, 3.05) is 20.1 Å². The number of hydrogen-bond acceptors (Lipinski definition) is 2. The first-order chi connectivity index (χ1) is 6.65. The van der Waals surface area contributed by atoms with E-state index in [-0.39, 0.29) is 5.82 Å². The Morgan fingerprint density at radius 2 is 2.21 bits per heavy atom. The van der Waals surface area contributed by atoms with Crippen molar-refractivity contribution in [3.05, 3.63) is 34.1 Å². The molecule has 14 heavy (non-hydrogen) atoms. The Kier molecular flexibility index (Phi) is 4.51. The third-order valence-electron chi connectivity index (χ3n) is 1.98. The van der Waals surface area contributed by atoms with Crippen LogP contribution in [0.1, 0.15) is 5.56 Å². The van der Waals surface area contributed by atoms with Crippen molar-refractivity contribution in [2.24, 2.45) is 5.73 Å². The van der Waals surface area contributed by atoms with Crippen molar-refractivity contribution in [1.29, 1.82) is 0 Å². The standard InChI is InChI=1S/C10H14BrFN2/c1-14(6-5-13)7-8-3-2-4-9(12)10(8)11/h2-4H,5-7,13H2,1H3. The summed E-state index contributed by atoms with van der Waals surface area (Å²) >= 11 is 3.23. The van der Waals surface area contributed by atoms with E-state index in [4.69, 9.17) is 5.73 Å². The van der Waals surface area contributed by atoms with Crippen LogP contribution in [0.5, 0.6) is 0 Å². The van der Waals surface area contributed by atoms with E-state index >= 15 is 0 Å². The van der Waals surface area contributed by atoms with Crippen LogP contribution in [-0.2, 0) is 6.54 Å². The zero-order valence-electron chi connectivity index (χ0n) is 8.13. The zero-order chi connectivity index (χ0) is 10.6. The maximum Gasteiger partial charge on any atom is 0.137 e. The topological polar surface area (TPSA) is 29.3 Å². The highest BCUT2D eigenvalue weighted by molar-refractivity contribution is 9.10. The summed E-state index contributed by atoms with van der Waals surface area (Å²) < 4.78 is 13.7. The smallest absolute Gasteiger partial charge is 0.137 e. The Morgan fingerprint density at radius 3 is 2.86 bits per heavy atom. The van der Waals surface area contributed by atoms with Crippen molar-refractivity contribution in [2.45, 2.75) is 6.54 Å². The lowest BCUT2D eigenvalue weighted by Gasteiger charge is -2.16. The van der Waals surface area contributed by atoms with E-state index in [1.807, 2.05) is 13.1 Å². The van der Waals surface area contributed by atoms with Gasteiger partial charge in [-0.05, 0) is 34.6 Å². The maximum absolute atomic E-state index is 13.1. The van der Waals surface area contributed by atoms with Gasteiger partial charge in [-0.15, -0.1) is 0 Å². The molecule has 0 atom stereocenters. The molecular weight excluding hydrogens is 247 g/mol. The molecule has 0 saturated heterocycles. The Bertz CT molecular complexity index is 304. The minimum absolute atomic E-state index is 0.219. The monoisotopic (exact) mass is 260 g/mol. The van der Waals surface area contributed by atoms with E-state index in [2.05, 4.69) is 20.8 Å². The molecule has 0 bridgehead atoms. The second-order valence-corrected chi connectivity index (χ2v) is 4.03. The fourth-order valence-corrected chi connectivity index (χ4v) is 1.65. The summed E-state index contributed by atoms with van der Waals surface area (Å²) in [6.07, 6.45) is 0. The lowest BCUT2D eigenvalue weighted by atomic mass is 10.2. The Hall–Kier alpha value is -0.450. The first-order valence-corrected chi connectivity index (χ1v) is 5.26. The quantitative estimate of drug-likeness (QED) is 0.898. The van der Waals surface area contributed by atoms with Gasteiger partial charge in [0.05, 0.1) is 4.47 Å². The SMILES string of the molecule is CN(CCN)Cc1cccc(F)c1Br. The van der Waals surface area contributed by atoms with E-state index in [9.17, 15) is 4.39 Å². The minimum atomic E-state index is -0.219. The summed E-state index contributed by atoms with van der Waals surface area (Å²) in [4.78, 5) is 2.06. The summed E-state index contributed by atoms with van der Waals surface area (Å²) in [5, 5.41) is 0. The molecule has 1 aromatic carbocycles. The van der Waals surface area contributed by atoms with E-state index < -0.39 is 0 Å². The molecule has 0 radical (unpaired) electrons. The highest BCUT2D eigenvalue weighted by Gasteiger charge is 2.06. The average Bonchev–Trinajstić information content (AvgIpc) is 2.13. The van der Waals surface area contributed by atoms with E-state index in [0.29, 0.717) is 17.6 Å². The molecule has 78 valence electrons. The summed E-state index contributed by atoms with van der Waals surface area (Å²) in [6.45, 7) is 2.13. The predicted octanol–water partition coefficient (Wildman–Crippen LogP) is 1.98. The van der Waals surface area contributed by atoms with Crippen LogP contribution in [0.2, 0.25) is 0 Å². The fraction of sp³-hybridized carbons (Fsp3) is 0.400. The van der Waals surface area contributed by atoms with Gasteiger partial charge in [0.15, 0.2) is 0 Å². The highest BCUT2D eigenvalue weighted by Crippen LogP contribution is 2.21. The molecule has 0 aliphatic rings. The lowest BCUT2D eigenvalue weighted by Crippen LogP contribution is -2.25. The van der Waals surface area contributed by atoms with Crippen LogP contribution in [0, 0.1) is 5.82 Å². The Labute approximate surface area is 92.0 Å². The molecule has 1 aromatic rings. The van der Waals surface area contributed by atoms with Gasteiger partial charge in [-0.1, -0.05) is 12.1 Å². The van der Waals surface area contributed by atoms with Crippen molar-refractivity contribution < 1.29 is 4.39 Å². The van der Waals surface area contributed by atoms with Gasteiger partial charge in [-0.3, -0.25) is 0 Å². The molecule has 0 aliphatic heterocycles. The Balaban J connectivity index is 2.71. The second-order valence-electron chi connectivity index (χ2n) is 3.24. The number of hydrogen-bond donors (Lipinski definition) is 1. The van der Waals surface area contributed by atoms with Gasteiger partial charge in [0.25, 0.3) is 0 Å². The number of benzene rings is 1. The number of nitrogens with zero attached hydrogens (tertiary/aromatic N) is 1. The lowest BCUT2D eigenvalue weighted by molar-refractivity contribution is 0.335. The van der Waals surface area contributed by atoms with E-state index in [1.165, 1.54) is 6.07 Å². The molecule has 2 N–H and O–H groups in total. The van der Waals surface area contributed by atoms with Crippen LogP contribution in [0.3, 0.4) is 0 Å². The number of nitrogens with two attached hydrogens (primary N) is 1. The number of halogens is 2. The summed E-state index contributed by atoms with van der Waals surface area (Å²) in [7, 11) is 1.96. The van der Waals surface area contributed by atoms with Crippen molar-refractivity contribution in [1.82, 2.24) is 4.90 Å². The van der Waals surface area contributed by atoms with Gasteiger partial charge < -0.3 is 10.6 Å². The van der Waals surface area contributed by atoms with Gasteiger partial charge in [0.2, 0.25) is 0 Å². The predicted molar refractivity (Wildman–Crippen MR) is 59.5 cm³/mol. The first-order valence-electron chi connectivity index (χ1n) is 4.46. The van der Waals surface area contributed by atoms with Gasteiger partial charge in [0.1, 0.15) is 5.82 Å².